The van der Waals surface area contributed by atoms with Gasteiger partial charge in [0, 0.05) is 23.1 Å². The fourth-order valence-corrected chi connectivity index (χ4v) is 2.72. The highest BCUT2D eigenvalue weighted by atomic mass is 79.9. The van der Waals surface area contributed by atoms with E-state index in [9.17, 15) is 9.59 Å². The highest BCUT2D eigenvalue weighted by Crippen LogP contribution is 2.25. The Morgan fingerprint density at radius 3 is 2.65 bits per heavy atom. The Labute approximate surface area is 124 Å². The van der Waals surface area contributed by atoms with E-state index in [1.165, 1.54) is 0 Å². The van der Waals surface area contributed by atoms with Crippen molar-refractivity contribution in [2.24, 2.45) is 0 Å². The third-order valence-electron chi connectivity index (χ3n) is 3.40. The van der Waals surface area contributed by atoms with E-state index < -0.39 is 0 Å². The largest absolute Gasteiger partial charge is 0.347 e. The van der Waals surface area contributed by atoms with E-state index in [1.807, 2.05) is 36.4 Å². The van der Waals surface area contributed by atoms with E-state index in [0.29, 0.717) is 13.0 Å². The van der Waals surface area contributed by atoms with Gasteiger partial charge >= 0.3 is 0 Å². The molecule has 0 radical (unpaired) electrons. The summed E-state index contributed by atoms with van der Waals surface area (Å²) in [6.07, 6.45) is 0.337. The summed E-state index contributed by atoms with van der Waals surface area (Å²) in [5.41, 5.74) is 0.835. The number of nitrogens with zero attached hydrogens (tertiary/aromatic N) is 1. The lowest BCUT2D eigenvalue weighted by Crippen LogP contribution is -2.35. The molecule has 1 heterocycles. The van der Waals surface area contributed by atoms with Gasteiger partial charge in [0.25, 0.3) is 0 Å². The molecule has 3 rings (SSSR count). The third kappa shape index (κ3) is 2.54. The monoisotopic (exact) mass is 332 g/mol. The van der Waals surface area contributed by atoms with Gasteiger partial charge in [0.1, 0.15) is 0 Å². The molecule has 2 aromatic rings. The first-order valence-corrected chi connectivity index (χ1v) is 7.19. The maximum atomic E-state index is 12.1. The molecule has 1 N–H and O–H groups in total. The molecule has 4 nitrogen and oxygen atoms in total. The second kappa shape index (κ2) is 5.25. The molecule has 0 saturated carbocycles. The highest BCUT2D eigenvalue weighted by Gasteiger charge is 2.21. The Morgan fingerprint density at radius 1 is 1.05 bits per heavy atom. The summed E-state index contributed by atoms with van der Waals surface area (Å²) in [4.78, 5) is 25.1. The molecular formula is C15H13BrN2O2. The number of anilines is 1. The van der Waals surface area contributed by atoms with Crippen molar-refractivity contribution in [3.63, 3.8) is 0 Å². The smallest absolute Gasteiger partial charge is 0.246 e. The van der Waals surface area contributed by atoms with E-state index in [0.717, 1.165) is 20.9 Å². The first kappa shape index (κ1) is 13.1. The van der Waals surface area contributed by atoms with Crippen molar-refractivity contribution in [2.45, 2.75) is 6.42 Å². The van der Waals surface area contributed by atoms with Crippen LogP contribution in [0.15, 0.2) is 40.9 Å². The second-order valence-electron chi connectivity index (χ2n) is 4.75. The summed E-state index contributed by atoms with van der Waals surface area (Å²) < 4.78 is 1.03. The molecule has 0 spiro atoms. The minimum Gasteiger partial charge on any atom is -0.347 e. The Balaban J connectivity index is 1.98. The number of carbonyl (C=O) groups is 2. The van der Waals surface area contributed by atoms with Crippen LogP contribution < -0.4 is 10.2 Å². The second-order valence-corrected chi connectivity index (χ2v) is 5.66. The van der Waals surface area contributed by atoms with Gasteiger partial charge in [-0.15, -0.1) is 0 Å². The molecule has 0 aromatic heterocycles. The van der Waals surface area contributed by atoms with Gasteiger partial charge in [0.05, 0.1) is 6.54 Å². The fraction of sp³-hybridized carbons (Fsp3) is 0.200. The van der Waals surface area contributed by atoms with Crippen LogP contribution in [0.2, 0.25) is 0 Å². The van der Waals surface area contributed by atoms with E-state index in [1.54, 1.807) is 4.90 Å². The Bertz CT molecular complexity index is 699. The lowest BCUT2D eigenvalue weighted by Gasteiger charge is -2.20. The zero-order chi connectivity index (χ0) is 14.1. The molecule has 1 saturated heterocycles. The Morgan fingerprint density at radius 2 is 1.80 bits per heavy atom. The van der Waals surface area contributed by atoms with Crippen LogP contribution in [0.5, 0.6) is 0 Å². The molecule has 2 aromatic carbocycles. The SMILES string of the molecule is O=C1CCN(c2ccc3cc(Br)ccc3c2)C(=O)CN1. The number of benzene rings is 2. The fourth-order valence-electron chi connectivity index (χ4n) is 2.34. The zero-order valence-corrected chi connectivity index (χ0v) is 12.3. The number of amides is 2. The molecule has 2 amide bonds. The summed E-state index contributed by atoms with van der Waals surface area (Å²) in [5, 5.41) is 4.78. The molecule has 1 aliphatic heterocycles. The van der Waals surface area contributed by atoms with E-state index in [-0.39, 0.29) is 18.4 Å². The van der Waals surface area contributed by atoms with Crippen LogP contribution in [0, 0.1) is 0 Å². The van der Waals surface area contributed by atoms with Gasteiger partial charge in [-0.25, -0.2) is 0 Å². The zero-order valence-electron chi connectivity index (χ0n) is 10.7. The first-order chi connectivity index (χ1) is 9.63. The molecule has 0 atom stereocenters. The van der Waals surface area contributed by atoms with Crippen molar-refractivity contribution in [3.05, 3.63) is 40.9 Å². The minimum absolute atomic E-state index is 0.0667. The summed E-state index contributed by atoms with van der Waals surface area (Å²) in [5.74, 6) is -0.155. The van der Waals surface area contributed by atoms with Crippen LogP contribution >= 0.6 is 15.9 Å². The van der Waals surface area contributed by atoms with Crippen LogP contribution in [0.1, 0.15) is 6.42 Å². The number of hydrogen-bond acceptors (Lipinski definition) is 2. The summed E-state index contributed by atoms with van der Waals surface area (Å²) in [6, 6.07) is 11.9. The van der Waals surface area contributed by atoms with Crippen LogP contribution in [0.3, 0.4) is 0 Å². The van der Waals surface area contributed by atoms with Crippen molar-refractivity contribution in [1.29, 1.82) is 0 Å². The van der Waals surface area contributed by atoms with Crippen LogP contribution in [-0.2, 0) is 9.59 Å². The molecule has 5 heteroatoms. The van der Waals surface area contributed by atoms with Crippen LogP contribution in [0.25, 0.3) is 10.8 Å². The molecule has 1 aliphatic rings. The Hall–Kier alpha value is -1.88. The van der Waals surface area contributed by atoms with Crippen molar-refractivity contribution in [3.8, 4) is 0 Å². The third-order valence-corrected chi connectivity index (χ3v) is 3.89. The van der Waals surface area contributed by atoms with Crippen molar-refractivity contribution >= 4 is 44.2 Å². The standard InChI is InChI=1S/C15H13BrN2O2/c16-12-3-1-11-8-13(4-2-10(11)7-12)18-6-5-14(19)17-9-15(18)20/h1-4,7-8H,5-6,9H2,(H,17,19). The molecule has 102 valence electrons. The van der Waals surface area contributed by atoms with Gasteiger partial charge in [-0.3, -0.25) is 9.59 Å². The van der Waals surface area contributed by atoms with Crippen molar-refractivity contribution in [2.75, 3.05) is 18.0 Å². The van der Waals surface area contributed by atoms with Crippen LogP contribution in [0.4, 0.5) is 5.69 Å². The number of halogens is 1. The topological polar surface area (TPSA) is 49.4 Å². The number of rotatable bonds is 1. The predicted molar refractivity (Wildman–Crippen MR) is 81.6 cm³/mol. The summed E-state index contributed by atoms with van der Waals surface area (Å²) in [6.45, 7) is 0.490. The quantitative estimate of drug-likeness (QED) is 0.872. The molecule has 0 unspecified atom stereocenters. The normalized spacial score (nSPS) is 16.1. The molecule has 0 aliphatic carbocycles. The van der Waals surface area contributed by atoms with Crippen molar-refractivity contribution < 1.29 is 9.59 Å². The predicted octanol–water partition coefficient (Wildman–Crippen LogP) is 2.46. The highest BCUT2D eigenvalue weighted by molar-refractivity contribution is 9.10. The van der Waals surface area contributed by atoms with E-state index >= 15 is 0 Å². The first-order valence-electron chi connectivity index (χ1n) is 6.40. The maximum absolute atomic E-state index is 12.1. The number of hydrogen-bond donors (Lipinski definition) is 1. The van der Waals surface area contributed by atoms with Gasteiger partial charge in [-0.1, -0.05) is 28.1 Å². The van der Waals surface area contributed by atoms with E-state index in [4.69, 9.17) is 0 Å². The van der Waals surface area contributed by atoms with Crippen LogP contribution in [-0.4, -0.2) is 24.9 Å². The van der Waals surface area contributed by atoms with Gasteiger partial charge in [0.2, 0.25) is 11.8 Å². The van der Waals surface area contributed by atoms with Gasteiger partial charge < -0.3 is 10.2 Å². The lowest BCUT2D eigenvalue weighted by molar-refractivity contribution is -0.123. The number of nitrogens with one attached hydrogen (secondary N) is 1. The lowest BCUT2D eigenvalue weighted by atomic mass is 10.1. The van der Waals surface area contributed by atoms with Gasteiger partial charge in [0.15, 0.2) is 0 Å². The average Bonchev–Trinajstić information content (AvgIpc) is 2.61. The molecule has 20 heavy (non-hydrogen) atoms. The van der Waals surface area contributed by atoms with Gasteiger partial charge in [-0.05, 0) is 35.0 Å². The number of carbonyl (C=O) groups excluding carboxylic acids is 2. The molecular weight excluding hydrogens is 320 g/mol. The average molecular weight is 333 g/mol. The van der Waals surface area contributed by atoms with Gasteiger partial charge in [-0.2, -0.15) is 0 Å². The Kier molecular flexibility index (Phi) is 3.44. The van der Waals surface area contributed by atoms with Crippen molar-refractivity contribution in [1.82, 2.24) is 5.32 Å². The van der Waals surface area contributed by atoms with E-state index in [2.05, 4.69) is 21.2 Å². The molecule has 0 bridgehead atoms. The molecule has 1 fully saturated rings. The minimum atomic E-state index is -0.0782. The maximum Gasteiger partial charge on any atom is 0.246 e. The summed E-state index contributed by atoms with van der Waals surface area (Å²) >= 11 is 3.44. The summed E-state index contributed by atoms with van der Waals surface area (Å²) in [7, 11) is 0. The number of fused-ring (bicyclic) bond motifs is 1.